The van der Waals surface area contributed by atoms with E-state index in [1.807, 2.05) is 20.0 Å². The Labute approximate surface area is 72.5 Å². The standard InChI is InChI=1S/C8H14N2S/c1-4-9-6-7-10-8(3)11-5-2/h5-7,9H,2,4H2,1,3H3/b7-6-,10-8?. The van der Waals surface area contributed by atoms with Crippen molar-refractivity contribution in [1.82, 2.24) is 5.32 Å². The lowest BCUT2D eigenvalue weighted by atomic mass is 10.7. The minimum absolute atomic E-state index is 0.930. The first-order valence-corrected chi connectivity index (χ1v) is 4.39. The number of aliphatic imine (C=N–C) groups is 1. The molecule has 0 aromatic rings. The summed E-state index contributed by atoms with van der Waals surface area (Å²) in [4.78, 5) is 4.12. The molecule has 0 saturated heterocycles. The van der Waals surface area contributed by atoms with Gasteiger partial charge < -0.3 is 5.32 Å². The largest absolute Gasteiger partial charge is 0.390 e. The van der Waals surface area contributed by atoms with Crippen LogP contribution in [-0.2, 0) is 0 Å². The molecule has 0 aromatic heterocycles. The molecular formula is C8H14N2S. The van der Waals surface area contributed by atoms with Crippen LogP contribution in [0.3, 0.4) is 0 Å². The zero-order valence-corrected chi connectivity index (χ0v) is 7.82. The fourth-order valence-corrected chi connectivity index (χ4v) is 0.827. The van der Waals surface area contributed by atoms with E-state index in [0.29, 0.717) is 0 Å². The normalized spacial score (nSPS) is 12.0. The second-order valence-electron chi connectivity index (χ2n) is 1.81. The molecule has 1 N–H and O–H groups in total. The maximum atomic E-state index is 4.12. The monoisotopic (exact) mass is 170 g/mol. The van der Waals surface area contributed by atoms with E-state index in [1.165, 1.54) is 11.8 Å². The first-order valence-electron chi connectivity index (χ1n) is 3.51. The van der Waals surface area contributed by atoms with Crippen LogP contribution in [0.2, 0.25) is 0 Å². The van der Waals surface area contributed by atoms with E-state index in [9.17, 15) is 0 Å². The minimum Gasteiger partial charge on any atom is -0.390 e. The SMILES string of the molecule is C=CSC(C)=N/C=C\NCC. The van der Waals surface area contributed by atoms with Crippen LogP contribution in [0.4, 0.5) is 0 Å². The van der Waals surface area contributed by atoms with Crippen LogP contribution < -0.4 is 5.32 Å². The van der Waals surface area contributed by atoms with E-state index < -0.39 is 0 Å². The number of thioether (sulfide) groups is 1. The molecule has 0 fully saturated rings. The van der Waals surface area contributed by atoms with E-state index in [0.717, 1.165) is 11.6 Å². The van der Waals surface area contributed by atoms with Crippen molar-refractivity contribution in [2.24, 2.45) is 4.99 Å². The predicted octanol–water partition coefficient (Wildman–Crippen LogP) is 2.36. The van der Waals surface area contributed by atoms with Crippen molar-refractivity contribution in [3.8, 4) is 0 Å². The van der Waals surface area contributed by atoms with Gasteiger partial charge in [-0.15, -0.1) is 0 Å². The van der Waals surface area contributed by atoms with Gasteiger partial charge in [0, 0.05) is 18.9 Å². The van der Waals surface area contributed by atoms with E-state index in [2.05, 4.69) is 16.9 Å². The Morgan fingerprint density at radius 2 is 2.45 bits per heavy atom. The lowest BCUT2D eigenvalue weighted by Crippen LogP contribution is -2.00. The van der Waals surface area contributed by atoms with Gasteiger partial charge in [-0.3, -0.25) is 4.99 Å². The Hall–Kier alpha value is -0.700. The molecule has 0 heterocycles. The topological polar surface area (TPSA) is 24.4 Å². The first kappa shape index (κ1) is 10.3. The van der Waals surface area contributed by atoms with Gasteiger partial charge in [0.25, 0.3) is 0 Å². The Morgan fingerprint density at radius 1 is 1.73 bits per heavy atom. The third kappa shape index (κ3) is 7.19. The molecule has 0 aromatic carbocycles. The molecule has 0 atom stereocenters. The van der Waals surface area contributed by atoms with Crippen molar-refractivity contribution in [2.45, 2.75) is 13.8 Å². The van der Waals surface area contributed by atoms with Gasteiger partial charge in [-0.2, -0.15) is 0 Å². The Balaban J connectivity index is 3.61. The summed E-state index contributed by atoms with van der Waals surface area (Å²) in [5, 5.41) is 5.78. The third-order valence-corrected chi connectivity index (χ3v) is 1.52. The van der Waals surface area contributed by atoms with Crippen molar-refractivity contribution >= 4 is 16.8 Å². The zero-order valence-electron chi connectivity index (χ0n) is 7.00. The highest BCUT2D eigenvalue weighted by molar-refractivity contribution is 8.16. The molecule has 0 saturated carbocycles. The van der Waals surface area contributed by atoms with Crippen LogP contribution in [0.1, 0.15) is 13.8 Å². The molecule has 0 rings (SSSR count). The second-order valence-corrected chi connectivity index (χ2v) is 2.97. The van der Waals surface area contributed by atoms with E-state index in [4.69, 9.17) is 0 Å². The highest BCUT2D eigenvalue weighted by Crippen LogP contribution is 2.02. The minimum atomic E-state index is 0.930. The van der Waals surface area contributed by atoms with Gasteiger partial charge in [-0.1, -0.05) is 18.3 Å². The van der Waals surface area contributed by atoms with Gasteiger partial charge in [-0.25, -0.2) is 0 Å². The van der Waals surface area contributed by atoms with Crippen molar-refractivity contribution in [3.05, 3.63) is 24.4 Å². The van der Waals surface area contributed by atoms with Crippen LogP contribution in [0, 0.1) is 0 Å². The summed E-state index contributed by atoms with van der Waals surface area (Å²) in [5.41, 5.74) is 0. The molecule has 62 valence electrons. The lowest BCUT2D eigenvalue weighted by molar-refractivity contribution is 0.916. The van der Waals surface area contributed by atoms with Crippen molar-refractivity contribution in [1.29, 1.82) is 0 Å². The van der Waals surface area contributed by atoms with Gasteiger partial charge in [0.1, 0.15) is 0 Å². The number of nitrogens with zero attached hydrogens (tertiary/aromatic N) is 1. The summed E-state index contributed by atoms with van der Waals surface area (Å²) >= 11 is 1.52. The molecule has 3 heteroatoms. The molecule has 0 aliphatic carbocycles. The van der Waals surface area contributed by atoms with Gasteiger partial charge in [0.15, 0.2) is 0 Å². The summed E-state index contributed by atoms with van der Waals surface area (Å²) < 4.78 is 0. The van der Waals surface area contributed by atoms with E-state index in [1.54, 1.807) is 11.6 Å². The average molecular weight is 170 g/mol. The first-order chi connectivity index (χ1) is 5.31. The van der Waals surface area contributed by atoms with Crippen LogP contribution in [0.15, 0.2) is 29.4 Å². The van der Waals surface area contributed by atoms with Gasteiger partial charge in [0.2, 0.25) is 0 Å². The quantitative estimate of drug-likeness (QED) is 0.517. The molecule has 2 nitrogen and oxygen atoms in total. The molecule has 0 bridgehead atoms. The second kappa shape index (κ2) is 7.41. The van der Waals surface area contributed by atoms with Gasteiger partial charge in [-0.05, 0) is 19.3 Å². The van der Waals surface area contributed by atoms with E-state index in [-0.39, 0.29) is 0 Å². The molecule has 0 spiro atoms. The predicted molar refractivity (Wildman–Crippen MR) is 53.7 cm³/mol. The van der Waals surface area contributed by atoms with Crippen LogP contribution in [0.5, 0.6) is 0 Å². The van der Waals surface area contributed by atoms with Crippen molar-refractivity contribution < 1.29 is 0 Å². The Kier molecular flexibility index (Phi) is 6.94. The van der Waals surface area contributed by atoms with Crippen LogP contribution in [-0.4, -0.2) is 11.6 Å². The van der Waals surface area contributed by atoms with E-state index >= 15 is 0 Å². The summed E-state index contributed by atoms with van der Waals surface area (Å²) in [7, 11) is 0. The zero-order chi connectivity index (χ0) is 8.53. The molecular weight excluding hydrogens is 156 g/mol. The fourth-order valence-electron chi connectivity index (χ4n) is 0.464. The van der Waals surface area contributed by atoms with Crippen molar-refractivity contribution in [2.75, 3.05) is 6.54 Å². The smallest absolute Gasteiger partial charge is 0.0742 e. The van der Waals surface area contributed by atoms with Gasteiger partial charge >= 0.3 is 0 Å². The number of nitrogens with one attached hydrogen (secondary N) is 1. The number of hydrogen-bond donors (Lipinski definition) is 1. The molecule has 0 aliphatic heterocycles. The highest BCUT2D eigenvalue weighted by Gasteiger charge is 1.81. The molecule has 0 radical (unpaired) electrons. The van der Waals surface area contributed by atoms with Crippen molar-refractivity contribution in [3.63, 3.8) is 0 Å². The summed E-state index contributed by atoms with van der Waals surface area (Å²) in [6.07, 6.45) is 3.57. The van der Waals surface area contributed by atoms with Crippen LogP contribution >= 0.6 is 11.8 Å². The highest BCUT2D eigenvalue weighted by atomic mass is 32.2. The summed E-state index contributed by atoms with van der Waals surface area (Å²) in [5.74, 6) is 0. The summed E-state index contributed by atoms with van der Waals surface area (Å²) in [6.45, 7) is 8.51. The Bertz CT molecular complexity index is 161. The number of hydrogen-bond acceptors (Lipinski definition) is 3. The molecule has 0 amide bonds. The van der Waals surface area contributed by atoms with Crippen LogP contribution in [0.25, 0.3) is 0 Å². The lowest BCUT2D eigenvalue weighted by Gasteiger charge is -1.91. The maximum Gasteiger partial charge on any atom is 0.0742 e. The molecule has 0 unspecified atom stereocenters. The average Bonchev–Trinajstić information content (AvgIpc) is 1.99. The maximum absolute atomic E-state index is 4.12. The fraction of sp³-hybridized carbons (Fsp3) is 0.375. The number of rotatable bonds is 4. The third-order valence-electron chi connectivity index (χ3n) is 0.907. The molecule has 0 aliphatic rings. The summed E-state index contributed by atoms with van der Waals surface area (Å²) in [6, 6.07) is 0. The molecule has 11 heavy (non-hydrogen) atoms. The van der Waals surface area contributed by atoms with Gasteiger partial charge in [0.05, 0.1) is 5.04 Å². The Morgan fingerprint density at radius 3 is 3.00 bits per heavy atom.